The average Bonchev–Trinajstić information content (AvgIpc) is 2.85. The smallest absolute Gasteiger partial charge is 0.341 e. The number of alkyl halides is 1. The summed E-state index contributed by atoms with van der Waals surface area (Å²) >= 11 is 12.2. The van der Waals surface area contributed by atoms with E-state index < -0.39 is 21.2 Å². The molecule has 0 saturated heterocycles. The molecule has 3 rings (SSSR count). The van der Waals surface area contributed by atoms with Gasteiger partial charge in [0, 0.05) is 17.9 Å². The van der Waals surface area contributed by atoms with E-state index in [4.69, 9.17) is 37.4 Å². The van der Waals surface area contributed by atoms with Crippen LogP contribution in [0.5, 0.6) is 11.5 Å². The first-order valence-corrected chi connectivity index (χ1v) is 13.6. The minimum Gasteiger partial charge on any atom is -0.490 e. The number of hydrogen-bond donors (Lipinski definition) is 0. The van der Waals surface area contributed by atoms with Crippen molar-refractivity contribution >= 4 is 39.0 Å². The summed E-state index contributed by atoms with van der Waals surface area (Å²) in [5.74, 6) is 0.490. The fourth-order valence-corrected chi connectivity index (χ4v) is 4.32. The molecule has 11 heteroatoms. The van der Waals surface area contributed by atoms with Gasteiger partial charge in [-0.3, -0.25) is 0 Å². The second-order valence-corrected chi connectivity index (χ2v) is 11.1. The lowest BCUT2D eigenvalue weighted by Gasteiger charge is -2.27. The van der Waals surface area contributed by atoms with E-state index in [2.05, 4.69) is 9.97 Å². The molecule has 0 bridgehead atoms. The number of carbonyl (C=O) groups excluding carboxylic acids is 1. The molecule has 36 heavy (non-hydrogen) atoms. The van der Waals surface area contributed by atoms with Gasteiger partial charge < -0.3 is 14.2 Å². The topological polar surface area (TPSA) is 105 Å². The molecule has 0 N–H and O–H groups in total. The number of carbonyl (C=O) groups is 1. The molecule has 0 aliphatic heterocycles. The van der Waals surface area contributed by atoms with Crippen molar-refractivity contribution < 1.29 is 27.4 Å². The molecule has 0 aliphatic rings. The first kappa shape index (κ1) is 27.7. The van der Waals surface area contributed by atoms with Crippen LogP contribution in [-0.2, 0) is 26.6 Å². The summed E-state index contributed by atoms with van der Waals surface area (Å²) in [4.78, 5) is 20.2. The number of nitrogens with zero attached hydrogens (tertiary/aromatic N) is 2. The highest BCUT2D eigenvalue weighted by Crippen LogP contribution is 2.39. The van der Waals surface area contributed by atoms with Crippen molar-refractivity contribution in [2.24, 2.45) is 0 Å². The fraction of sp³-hybridized carbons (Fsp3) is 0.320. The Kier molecular flexibility index (Phi) is 8.81. The quantitative estimate of drug-likeness (QED) is 0.200. The molecule has 0 amide bonds. The van der Waals surface area contributed by atoms with E-state index in [0.29, 0.717) is 11.4 Å². The largest absolute Gasteiger partial charge is 0.490 e. The number of hydrogen-bond acceptors (Lipinski definition) is 8. The molecule has 0 fully saturated rings. The summed E-state index contributed by atoms with van der Waals surface area (Å²) in [7, 11) is -2.21. The number of rotatable bonds is 10. The first-order chi connectivity index (χ1) is 17.0. The average molecular weight is 553 g/mol. The van der Waals surface area contributed by atoms with Crippen LogP contribution in [0.2, 0.25) is 5.02 Å². The highest BCUT2D eigenvalue weighted by atomic mass is 35.5. The standard InChI is InChI=1S/C25H26Cl2N2O6S/c1-25(2,17-13-20(23(30)33-3)22(21(27)14-17)34-12-10-26)16-5-7-19(8-6-16)35-15-18-9-11-28-24(29-18)36(4,31)32/h5-9,11,13-14H,10,12,15H2,1-4H3. The Hall–Kier alpha value is -2.88. The Balaban J connectivity index is 1.83. The second kappa shape index (κ2) is 11.5. The van der Waals surface area contributed by atoms with Gasteiger partial charge in [0.25, 0.3) is 0 Å². The molecular formula is C25H26Cl2N2O6S. The van der Waals surface area contributed by atoms with Gasteiger partial charge in [0.15, 0.2) is 5.75 Å². The Morgan fingerprint density at radius 2 is 1.75 bits per heavy atom. The van der Waals surface area contributed by atoms with E-state index in [-0.39, 0.29) is 40.6 Å². The van der Waals surface area contributed by atoms with Gasteiger partial charge in [0.1, 0.15) is 24.5 Å². The number of benzene rings is 2. The summed E-state index contributed by atoms with van der Waals surface area (Å²) in [6, 6.07) is 12.5. The summed E-state index contributed by atoms with van der Waals surface area (Å²) in [5.41, 5.74) is 1.85. The normalized spacial score (nSPS) is 11.7. The van der Waals surface area contributed by atoms with Gasteiger partial charge in [-0.05, 0) is 41.5 Å². The molecule has 8 nitrogen and oxygen atoms in total. The van der Waals surface area contributed by atoms with Crippen molar-refractivity contribution in [3.63, 3.8) is 0 Å². The van der Waals surface area contributed by atoms with E-state index in [1.165, 1.54) is 13.3 Å². The van der Waals surface area contributed by atoms with Crippen molar-refractivity contribution in [2.45, 2.75) is 31.0 Å². The van der Waals surface area contributed by atoms with E-state index in [9.17, 15) is 13.2 Å². The number of esters is 1. The zero-order chi connectivity index (χ0) is 26.5. The SMILES string of the molecule is COC(=O)c1cc(C(C)(C)c2ccc(OCc3ccnc(S(C)(=O)=O)n3)cc2)cc(Cl)c1OCCCl. The van der Waals surface area contributed by atoms with Gasteiger partial charge in [-0.25, -0.2) is 23.2 Å². The monoisotopic (exact) mass is 552 g/mol. The molecule has 0 unspecified atom stereocenters. The number of methoxy groups -OCH3 is 1. The van der Waals surface area contributed by atoms with E-state index in [0.717, 1.165) is 17.4 Å². The number of sulfone groups is 1. The molecule has 1 heterocycles. The molecule has 0 radical (unpaired) electrons. The maximum atomic E-state index is 12.4. The number of halogens is 2. The van der Waals surface area contributed by atoms with Crippen LogP contribution in [0, 0.1) is 0 Å². The number of aromatic nitrogens is 2. The third-order valence-corrected chi connectivity index (χ3v) is 6.77. The number of ether oxygens (including phenoxy) is 3. The van der Waals surface area contributed by atoms with E-state index in [1.807, 2.05) is 26.0 Å². The molecule has 0 spiro atoms. The van der Waals surface area contributed by atoms with Crippen LogP contribution < -0.4 is 9.47 Å². The highest BCUT2D eigenvalue weighted by molar-refractivity contribution is 7.90. The van der Waals surface area contributed by atoms with Gasteiger partial charge in [-0.1, -0.05) is 37.6 Å². The molecule has 1 aromatic heterocycles. The lowest BCUT2D eigenvalue weighted by Crippen LogP contribution is -2.20. The Labute approximate surface area is 220 Å². The lowest BCUT2D eigenvalue weighted by atomic mass is 9.77. The zero-order valence-electron chi connectivity index (χ0n) is 20.2. The molecule has 0 atom stereocenters. The fourth-order valence-electron chi connectivity index (χ4n) is 3.43. The Morgan fingerprint density at radius 1 is 1.06 bits per heavy atom. The summed E-state index contributed by atoms with van der Waals surface area (Å²) in [6.45, 7) is 4.28. The van der Waals surface area contributed by atoms with Crippen LogP contribution >= 0.6 is 23.2 Å². The zero-order valence-corrected chi connectivity index (χ0v) is 22.6. The van der Waals surface area contributed by atoms with Crippen molar-refractivity contribution in [3.05, 3.63) is 76.1 Å². The highest BCUT2D eigenvalue weighted by Gasteiger charge is 2.28. The van der Waals surface area contributed by atoms with Gasteiger partial charge in [0.2, 0.25) is 15.0 Å². The Bertz CT molecular complexity index is 1350. The third-order valence-electron chi connectivity index (χ3n) is 5.48. The third kappa shape index (κ3) is 6.46. The van der Waals surface area contributed by atoms with Gasteiger partial charge in [-0.15, -0.1) is 11.6 Å². The first-order valence-electron chi connectivity index (χ1n) is 10.8. The molecule has 2 aromatic carbocycles. The van der Waals surface area contributed by atoms with Gasteiger partial charge >= 0.3 is 5.97 Å². The van der Waals surface area contributed by atoms with Crippen LogP contribution in [0.3, 0.4) is 0 Å². The Morgan fingerprint density at radius 3 is 2.36 bits per heavy atom. The molecule has 0 aliphatic carbocycles. The predicted molar refractivity (Wildman–Crippen MR) is 137 cm³/mol. The van der Waals surface area contributed by atoms with E-state index >= 15 is 0 Å². The van der Waals surface area contributed by atoms with Crippen LogP contribution in [0.15, 0.2) is 53.8 Å². The second-order valence-electron chi connectivity index (χ2n) is 8.40. The van der Waals surface area contributed by atoms with Gasteiger partial charge in [-0.2, -0.15) is 0 Å². The van der Waals surface area contributed by atoms with Crippen molar-refractivity contribution in [2.75, 3.05) is 25.9 Å². The van der Waals surface area contributed by atoms with Crippen LogP contribution in [0.4, 0.5) is 0 Å². The van der Waals surface area contributed by atoms with Gasteiger partial charge in [0.05, 0.1) is 23.7 Å². The summed E-state index contributed by atoms with van der Waals surface area (Å²) in [6.07, 6.45) is 2.43. The van der Waals surface area contributed by atoms with Crippen molar-refractivity contribution in [1.29, 1.82) is 0 Å². The van der Waals surface area contributed by atoms with E-state index in [1.54, 1.807) is 30.3 Å². The van der Waals surface area contributed by atoms with Crippen molar-refractivity contribution in [3.8, 4) is 11.5 Å². The van der Waals surface area contributed by atoms with Crippen molar-refractivity contribution in [1.82, 2.24) is 9.97 Å². The maximum Gasteiger partial charge on any atom is 0.341 e. The predicted octanol–water partition coefficient (Wildman–Crippen LogP) is 4.84. The molecule has 192 valence electrons. The molecule has 3 aromatic rings. The summed E-state index contributed by atoms with van der Waals surface area (Å²) in [5, 5.41) is 0.0362. The maximum absolute atomic E-state index is 12.4. The molecular weight excluding hydrogens is 527 g/mol. The minimum atomic E-state index is -3.51. The minimum absolute atomic E-state index is 0.0790. The lowest BCUT2D eigenvalue weighted by molar-refractivity contribution is 0.0596. The molecule has 0 saturated carbocycles. The summed E-state index contributed by atoms with van der Waals surface area (Å²) < 4.78 is 39.6. The van der Waals surface area contributed by atoms with Crippen LogP contribution in [0.25, 0.3) is 0 Å². The van der Waals surface area contributed by atoms with Crippen LogP contribution in [-0.4, -0.2) is 50.2 Å². The van der Waals surface area contributed by atoms with Crippen LogP contribution in [0.1, 0.15) is 41.0 Å².